The zero-order valence-corrected chi connectivity index (χ0v) is 26.6. The Hall–Kier alpha value is -3.93. The normalized spacial score (nSPS) is 15.7. The van der Waals surface area contributed by atoms with Gasteiger partial charge in [0.1, 0.15) is 5.82 Å². The van der Waals surface area contributed by atoms with Crippen LogP contribution in [0, 0.1) is 0 Å². The van der Waals surface area contributed by atoms with Gasteiger partial charge in [0.25, 0.3) is 0 Å². The standard InChI is InChI=1S/C34H37ClN6.C2H6/c1-39-16-18-41(19-17-39)25-27-12-14-29(15-13-27)30-22-32(34(36)37-23-30)33(21-28-10-6-7-11-31(35)20-28)38-40(2)24-26-8-4-3-5-9-26;1-2/h3-9,11-15,20,22-23H,16-19,21,24-25H2,1-2H3,(H2,36,37);1-2H3/b38-33+;. The van der Waals surface area contributed by atoms with E-state index in [1.165, 1.54) is 11.1 Å². The molecule has 0 radical (unpaired) electrons. The minimum absolute atomic E-state index is 0.443. The minimum Gasteiger partial charge on any atom is -0.383 e. The monoisotopic (exact) mass is 594 g/mol. The number of anilines is 1. The van der Waals surface area contributed by atoms with Gasteiger partial charge in [0.15, 0.2) is 0 Å². The second-order valence-corrected chi connectivity index (χ2v) is 11.1. The third kappa shape index (κ3) is 9.54. The van der Waals surface area contributed by atoms with Crippen LogP contribution in [0.4, 0.5) is 5.82 Å². The Labute approximate surface area is 262 Å². The number of piperazine rings is 1. The Morgan fingerprint density at radius 2 is 1.72 bits per heavy atom. The van der Waals surface area contributed by atoms with Gasteiger partial charge < -0.3 is 10.6 Å². The van der Waals surface area contributed by atoms with E-state index in [1.807, 2.05) is 74.6 Å². The Morgan fingerprint density at radius 3 is 2.44 bits per heavy atom. The summed E-state index contributed by atoms with van der Waals surface area (Å²) < 4.78 is 0. The average molecular weight is 595 g/mol. The van der Waals surface area contributed by atoms with Gasteiger partial charge in [-0.05, 0) is 48.0 Å². The number of hydrogen-bond donors (Lipinski definition) is 1. The molecule has 2 heterocycles. The van der Waals surface area contributed by atoms with Crippen LogP contribution in [-0.2, 0) is 13.1 Å². The van der Waals surface area contributed by atoms with Crippen molar-refractivity contribution in [3.63, 3.8) is 0 Å². The van der Waals surface area contributed by atoms with Crippen molar-refractivity contribution in [2.75, 3.05) is 46.0 Å². The molecule has 2 aromatic carbocycles. The van der Waals surface area contributed by atoms with Crippen molar-refractivity contribution >= 4 is 23.1 Å². The first kappa shape index (κ1) is 32.0. The lowest BCUT2D eigenvalue weighted by atomic mass is 9.98. The molecule has 3 aromatic rings. The summed E-state index contributed by atoms with van der Waals surface area (Å²) in [6, 6.07) is 21.2. The van der Waals surface area contributed by atoms with Crippen LogP contribution in [0.15, 0.2) is 113 Å². The van der Waals surface area contributed by atoms with Crippen LogP contribution < -0.4 is 5.73 Å². The highest BCUT2D eigenvalue weighted by molar-refractivity contribution is 6.31. The second kappa shape index (κ2) is 16.1. The average Bonchev–Trinajstić information content (AvgIpc) is 3.23. The van der Waals surface area contributed by atoms with Crippen molar-refractivity contribution < 1.29 is 0 Å². The molecule has 7 heteroatoms. The molecule has 43 heavy (non-hydrogen) atoms. The zero-order valence-electron chi connectivity index (χ0n) is 25.8. The molecule has 0 amide bonds. The van der Waals surface area contributed by atoms with Crippen molar-refractivity contribution in [2.45, 2.75) is 33.4 Å². The summed E-state index contributed by atoms with van der Waals surface area (Å²) in [5.74, 6) is 0.443. The van der Waals surface area contributed by atoms with Crippen molar-refractivity contribution in [3.8, 4) is 11.1 Å². The fourth-order valence-corrected chi connectivity index (χ4v) is 5.24. The number of rotatable bonds is 9. The van der Waals surface area contributed by atoms with E-state index < -0.39 is 0 Å². The first-order valence-electron chi connectivity index (χ1n) is 15.0. The van der Waals surface area contributed by atoms with E-state index >= 15 is 0 Å². The fraction of sp³-hybridized carbons (Fsp3) is 0.306. The molecule has 0 unspecified atom stereocenters. The third-order valence-corrected chi connectivity index (χ3v) is 7.59. The first-order valence-corrected chi connectivity index (χ1v) is 15.4. The van der Waals surface area contributed by atoms with Crippen LogP contribution in [0.5, 0.6) is 0 Å². The van der Waals surface area contributed by atoms with E-state index in [1.54, 1.807) is 0 Å². The SMILES string of the molecule is CC.CN1CCN(Cc2ccc(-c3cnc(N)c(/C(CC4=C=CC=CC(Cl)=C4)=N/N(C)Cc4ccccc4)c3)cc2)CC1. The number of allylic oxidation sites excluding steroid dienone is 5. The Bertz CT molecular complexity index is 1490. The molecule has 224 valence electrons. The highest BCUT2D eigenvalue weighted by Crippen LogP contribution is 2.26. The maximum atomic E-state index is 6.49. The van der Waals surface area contributed by atoms with Gasteiger partial charge in [0.2, 0.25) is 0 Å². The predicted octanol–water partition coefficient (Wildman–Crippen LogP) is 7.10. The number of nitrogens with zero attached hydrogens (tertiary/aromatic N) is 5. The minimum atomic E-state index is 0.443. The molecule has 1 saturated heterocycles. The summed E-state index contributed by atoms with van der Waals surface area (Å²) in [5, 5.41) is 7.61. The molecule has 0 saturated carbocycles. The number of nitrogen functional groups attached to an aromatic ring is 1. The molecule has 1 aliphatic carbocycles. The van der Waals surface area contributed by atoms with E-state index in [4.69, 9.17) is 22.4 Å². The lowest BCUT2D eigenvalue weighted by Gasteiger charge is -2.32. The number of halogens is 1. The molecule has 6 nitrogen and oxygen atoms in total. The van der Waals surface area contributed by atoms with Gasteiger partial charge in [-0.3, -0.25) is 9.91 Å². The van der Waals surface area contributed by atoms with Crippen molar-refractivity contribution in [1.29, 1.82) is 0 Å². The highest BCUT2D eigenvalue weighted by Gasteiger charge is 2.16. The van der Waals surface area contributed by atoms with Crippen LogP contribution in [0.2, 0.25) is 0 Å². The number of likely N-dealkylation sites (N-methyl/N-ethyl adjacent to an activating group) is 1. The summed E-state index contributed by atoms with van der Waals surface area (Å²) in [6.45, 7) is 10.1. The Balaban J connectivity index is 0.00000207. The fourth-order valence-electron chi connectivity index (χ4n) is 5.04. The van der Waals surface area contributed by atoms with E-state index in [0.717, 1.165) is 60.7 Å². The lowest BCUT2D eigenvalue weighted by molar-refractivity contribution is 0.148. The summed E-state index contributed by atoms with van der Waals surface area (Å²) in [4.78, 5) is 9.49. The summed E-state index contributed by atoms with van der Waals surface area (Å²) in [5.41, 5.74) is 16.9. The lowest BCUT2D eigenvalue weighted by Crippen LogP contribution is -2.43. The van der Waals surface area contributed by atoms with Crippen molar-refractivity contribution in [3.05, 3.63) is 124 Å². The maximum absolute atomic E-state index is 6.49. The molecule has 0 atom stereocenters. The Kier molecular flexibility index (Phi) is 12.0. The van der Waals surface area contributed by atoms with Crippen LogP contribution in [0.3, 0.4) is 0 Å². The van der Waals surface area contributed by atoms with Crippen LogP contribution >= 0.6 is 11.6 Å². The smallest absolute Gasteiger partial charge is 0.132 e. The van der Waals surface area contributed by atoms with Crippen molar-refractivity contribution in [2.24, 2.45) is 5.10 Å². The summed E-state index contributed by atoms with van der Waals surface area (Å²) in [6.07, 6.45) is 9.87. The molecule has 1 aromatic heterocycles. The number of nitrogens with two attached hydrogens (primary N) is 1. The molecule has 5 rings (SSSR count). The van der Waals surface area contributed by atoms with E-state index in [-0.39, 0.29) is 0 Å². The molecule has 1 aliphatic heterocycles. The van der Waals surface area contributed by atoms with Gasteiger partial charge in [-0.1, -0.05) is 86.1 Å². The molecule has 2 aliphatic rings. The predicted molar refractivity (Wildman–Crippen MR) is 182 cm³/mol. The molecule has 0 spiro atoms. The molecule has 0 bridgehead atoms. The van der Waals surface area contributed by atoms with Gasteiger partial charge in [-0.15, -0.1) is 5.73 Å². The molecular weight excluding hydrogens is 552 g/mol. The topological polar surface area (TPSA) is 61.0 Å². The summed E-state index contributed by atoms with van der Waals surface area (Å²) in [7, 11) is 4.16. The van der Waals surface area contributed by atoms with Crippen LogP contribution in [0.1, 0.15) is 37.0 Å². The van der Waals surface area contributed by atoms with Gasteiger partial charge in [0, 0.05) is 74.1 Å². The van der Waals surface area contributed by atoms with E-state index in [9.17, 15) is 0 Å². The zero-order chi connectivity index (χ0) is 30.6. The van der Waals surface area contributed by atoms with Gasteiger partial charge in [-0.2, -0.15) is 5.10 Å². The van der Waals surface area contributed by atoms with Gasteiger partial charge in [0.05, 0.1) is 12.3 Å². The first-order chi connectivity index (χ1) is 20.9. The summed E-state index contributed by atoms with van der Waals surface area (Å²) >= 11 is 6.38. The van der Waals surface area contributed by atoms with Crippen LogP contribution in [0.25, 0.3) is 11.1 Å². The molecular formula is C36H43ClN6. The molecule has 2 N–H and O–H groups in total. The number of benzene rings is 2. The van der Waals surface area contributed by atoms with Gasteiger partial charge in [-0.25, -0.2) is 4.98 Å². The van der Waals surface area contributed by atoms with Crippen molar-refractivity contribution in [1.82, 2.24) is 19.8 Å². The third-order valence-electron chi connectivity index (χ3n) is 7.35. The van der Waals surface area contributed by atoms with Gasteiger partial charge >= 0.3 is 0 Å². The van der Waals surface area contributed by atoms with E-state index in [0.29, 0.717) is 23.8 Å². The van der Waals surface area contributed by atoms with E-state index in [2.05, 4.69) is 70.0 Å². The number of pyridine rings is 1. The number of hydrazone groups is 1. The second-order valence-electron chi connectivity index (χ2n) is 10.7. The largest absolute Gasteiger partial charge is 0.383 e. The number of hydrogen-bond acceptors (Lipinski definition) is 6. The molecule has 1 fully saturated rings. The Morgan fingerprint density at radius 1 is 1.00 bits per heavy atom. The number of aromatic nitrogens is 1. The maximum Gasteiger partial charge on any atom is 0.132 e. The highest BCUT2D eigenvalue weighted by atomic mass is 35.5. The van der Waals surface area contributed by atoms with Crippen LogP contribution in [-0.4, -0.2) is 65.8 Å². The quantitative estimate of drug-likeness (QED) is 0.163.